The van der Waals surface area contributed by atoms with Crippen molar-refractivity contribution in [2.75, 3.05) is 29.8 Å². The number of nitrogens with zero attached hydrogens (tertiary/aromatic N) is 3. The van der Waals surface area contributed by atoms with E-state index in [2.05, 4.69) is 5.32 Å². The zero-order valence-corrected chi connectivity index (χ0v) is 20.8. The van der Waals surface area contributed by atoms with Crippen molar-refractivity contribution in [2.45, 2.75) is 6.92 Å². The van der Waals surface area contributed by atoms with Crippen LogP contribution in [0.3, 0.4) is 0 Å². The molecule has 0 bridgehead atoms. The van der Waals surface area contributed by atoms with Gasteiger partial charge < -0.3 is 5.32 Å². The Morgan fingerprint density at radius 2 is 1.80 bits per heavy atom. The largest absolute Gasteiger partial charge is 0.322 e. The summed E-state index contributed by atoms with van der Waals surface area (Å²) in [6.45, 7) is 2.59. The van der Waals surface area contributed by atoms with Crippen LogP contribution in [0.15, 0.2) is 72.8 Å². The van der Waals surface area contributed by atoms with E-state index < -0.39 is 10.2 Å². The summed E-state index contributed by atoms with van der Waals surface area (Å²) in [6, 6.07) is 22.0. The number of fused-ring (bicyclic) bond motifs is 1. The van der Waals surface area contributed by atoms with E-state index in [4.69, 9.17) is 16.6 Å². The molecular formula is C26H23ClN4O3S. The van der Waals surface area contributed by atoms with Crippen LogP contribution in [0.5, 0.6) is 0 Å². The molecule has 1 fully saturated rings. The Morgan fingerprint density at radius 1 is 1.00 bits per heavy atom. The molecule has 0 saturated carbocycles. The summed E-state index contributed by atoms with van der Waals surface area (Å²) < 4.78 is 27.6. The summed E-state index contributed by atoms with van der Waals surface area (Å²) in [6.07, 6.45) is 0. The molecule has 35 heavy (non-hydrogen) atoms. The minimum atomic E-state index is -3.52. The summed E-state index contributed by atoms with van der Waals surface area (Å²) in [7, 11) is -1.97. The van der Waals surface area contributed by atoms with E-state index in [1.165, 1.54) is 8.61 Å². The van der Waals surface area contributed by atoms with Crippen LogP contribution in [0.2, 0.25) is 5.02 Å². The van der Waals surface area contributed by atoms with Crippen molar-refractivity contribution in [3.63, 3.8) is 0 Å². The maximum absolute atomic E-state index is 13.1. The molecule has 178 valence electrons. The second-order valence-corrected chi connectivity index (χ2v) is 10.8. The number of para-hydroxylation sites is 1. The quantitative estimate of drug-likeness (QED) is 0.417. The van der Waals surface area contributed by atoms with Crippen LogP contribution in [0.25, 0.3) is 22.2 Å². The standard InChI is InChI=1S/C26H23ClN4O3S/c1-17-15-20(31-14-13-30(2)35(31,33)34)9-10-21(17)26(32)28-19-8-11-23(27)22(16-19)25-12-7-18-5-3-4-6-24(18)29-25/h3-12,15-16H,13-14H2,1-2H3,(H,28,32). The van der Waals surface area contributed by atoms with Crippen LogP contribution < -0.4 is 9.62 Å². The fourth-order valence-corrected chi connectivity index (χ4v) is 5.72. The van der Waals surface area contributed by atoms with Gasteiger partial charge in [0, 0.05) is 42.3 Å². The average Bonchev–Trinajstić information content (AvgIpc) is 3.11. The number of halogens is 1. The number of hydrogen-bond donors (Lipinski definition) is 1. The molecule has 9 heteroatoms. The van der Waals surface area contributed by atoms with Crippen LogP contribution in [0.1, 0.15) is 15.9 Å². The first-order valence-corrected chi connectivity index (χ1v) is 12.8. The highest BCUT2D eigenvalue weighted by atomic mass is 35.5. The first-order valence-electron chi connectivity index (χ1n) is 11.1. The number of hydrogen-bond acceptors (Lipinski definition) is 4. The van der Waals surface area contributed by atoms with E-state index in [0.717, 1.165) is 10.9 Å². The minimum Gasteiger partial charge on any atom is -0.322 e. The number of rotatable bonds is 4. The van der Waals surface area contributed by atoms with E-state index in [9.17, 15) is 13.2 Å². The lowest BCUT2D eigenvalue weighted by Gasteiger charge is -2.19. The number of likely N-dealkylation sites (N-methyl/N-ethyl adjacent to an activating group) is 1. The summed E-state index contributed by atoms with van der Waals surface area (Å²) in [5, 5.41) is 4.48. The van der Waals surface area contributed by atoms with Gasteiger partial charge in [-0.1, -0.05) is 35.9 Å². The number of pyridine rings is 1. The van der Waals surface area contributed by atoms with Gasteiger partial charge in [-0.15, -0.1) is 0 Å². The Bertz CT molecular complexity index is 1570. The molecule has 1 saturated heterocycles. The number of benzene rings is 3. The predicted molar refractivity (Wildman–Crippen MR) is 140 cm³/mol. The highest BCUT2D eigenvalue weighted by Crippen LogP contribution is 2.31. The lowest BCUT2D eigenvalue weighted by molar-refractivity contribution is 0.102. The van der Waals surface area contributed by atoms with Crippen LogP contribution in [-0.2, 0) is 10.2 Å². The molecule has 3 aromatic carbocycles. The molecule has 1 N–H and O–H groups in total. The number of carbonyl (C=O) groups is 1. The molecule has 1 amide bonds. The Labute approximate surface area is 209 Å². The van der Waals surface area contributed by atoms with E-state index in [1.807, 2.05) is 36.4 Å². The molecule has 1 aliphatic rings. The number of aryl methyl sites for hydroxylation is 1. The van der Waals surface area contributed by atoms with E-state index in [-0.39, 0.29) is 5.91 Å². The maximum atomic E-state index is 13.1. The van der Waals surface area contributed by atoms with Crippen molar-refractivity contribution < 1.29 is 13.2 Å². The van der Waals surface area contributed by atoms with Gasteiger partial charge in [-0.2, -0.15) is 12.7 Å². The Kier molecular flexibility index (Phi) is 5.96. The van der Waals surface area contributed by atoms with Gasteiger partial charge >= 0.3 is 10.2 Å². The zero-order valence-electron chi connectivity index (χ0n) is 19.2. The maximum Gasteiger partial charge on any atom is 0.303 e. The first kappa shape index (κ1) is 23.3. The summed E-state index contributed by atoms with van der Waals surface area (Å²) in [4.78, 5) is 17.8. The second-order valence-electron chi connectivity index (χ2n) is 8.44. The van der Waals surface area contributed by atoms with Crippen molar-refractivity contribution >= 4 is 50.0 Å². The molecule has 1 aromatic heterocycles. The van der Waals surface area contributed by atoms with Crippen molar-refractivity contribution in [3.8, 4) is 11.3 Å². The molecule has 4 aromatic rings. The van der Waals surface area contributed by atoms with Gasteiger partial charge in [-0.3, -0.25) is 9.10 Å². The Hall–Kier alpha value is -3.46. The molecule has 0 aliphatic carbocycles. The third kappa shape index (κ3) is 4.36. The molecule has 2 heterocycles. The highest BCUT2D eigenvalue weighted by Gasteiger charge is 2.34. The van der Waals surface area contributed by atoms with Gasteiger partial charge in [0.05, 0.1) is 21.9 Å². The third-order valence-electron chi connectivity index (χ3n) is 6.13. The molecule has 0 spiro atoms. The average molecular weight is 507 g/mol. The second kappa shape index (κ2) is 8.96. The van der Waals surface area contributed by atoms with Crippen LogP contribution in [0.4, 0.5) is 11.4 Å². The molecule has 0 atom stereocenters. The van der Waals surface area contributed by atoms with Gasteiger partial charge in [0.25, 0.3) is 5.91 Å². The minimum absolute atomic E-state index is 0.296. The molecule has 7 nitrogen and oxygen atoms in total. The number of anilines is 2. The first-order chi connectivity index (χ1) is 16.7. The molecule has 1 aliphatic heterocycles. The van der Waals surface area contributed by atoms with E-state index >= 15 is 0 Å². The highest BCUT2D eigenvalue weighted by molar-refractivity contribution is 7.90. The fourth-order valence-electron chi connectivity index (χ4n) is 4.16. The molecule has 0 radical (unpaired) electrons. The van der Waals surface area contributed by atoms with E-state index in [0.29, 0.717) is 51.9 Å². The summed E-state index contributed by atoms with van der Waals surface area (Å²) >= 11 is 6.46. The molecule has 5 rings (SSSR count). The summed E-state index contributed by atoms with van der Waals surface area (Å²) in [5.74, 6) is -0.296. The van der Waals surface area contributed by atoms with Gasteiger partial charge in [-0.05, 0) is 61.0 Å². The van der Waals surface area contributed by atoms with Gasteiger partial charge in [-0.25, -0.2) is 4.98 Å². The van der Waals surface area contributed by atoms with Gasteiger partial charge in [0.1, 0.15) is 0 Å². The molecular weight excluding hydrogens is 484 g/mol. The third-order valence-corrected chi connectivity index (χ3v) is 8.38. The van der Waals surface area contributed by atoms with Crippen molar-refractivity contribution in [1.82, 2.24) is 9.29 Å². The van der Waals surface area contributed by atoms with Crippen molar-refractivity contribution in [3.05, 3.63) is 88.9 Å². The predicted octanol–water partition coefficient (Wildman–Crippen LogP) is 5.11. The zero-order chi connectivity index (χ0) is 24.7. The van der Waals surface area contributed by atoms with Crippen LogP contribution >= 0.6 is 11.6 Å². The van der Waals surface area contributed by atoms with Crippen LogP contribution in [-0.4, -0.2) is 43.8 Å². The number of carbonyl (C=O) groups excluding carboxylic acids is 1. The smallest absolute Gasteiger partial charge is 0.303 e. The fraction of sp³-hybridized carbons (Fsp3) is 0.154. The number of nitrogens with one attached hydrogen (secondary N) is 1. The number of amides is 1. The monoisotopic (exact) mass is 506 g/mol. The van der Waals surface area contributed by atoms with Crippen LogP contribution in [0, 0.1) is 6.92 Å². The van der Waals surface area contributed by atoms with Gasteiger partial charge in [0.15, 0.2) is 0 Å². The molecule has 0 unspecified atom stereocenters. The van der Waals surface area contributed by atoms with Gasteiger partial charge in [0.2, 0.25) is 0 Å². The summed E-state index contributed by atoms with van der Waals surface area (Å²) in [5.41, 5.74) is 4.54. The van der Waals surface area contributed by atoms with Crippen molar-refractivity contribution in [1.29, 1.82) is 0 Å². The lowest BCUT2D eigenvalue weighted by Crippen LogP contribution is -2.30. The Morgan fingerprint density at radius 3 is 2.54 bits per heavy atom. The topological polar surface area (TPSA) is 82.6 Å². The number of aromatic nitrogens is 1. The Balaban J connectivity index is 1.40. The normalized spacial score (nSPS) is 15.5. The van der Waals surface area contributed by atoms with E-state index in [1.54, 1.807) is 50.4 Å². The lowest BCUT2D eigenvalue weighted by atomic mass is 10.1. The van der Waals surface area contributed by atoms with Crippen molar-refractivity contribution in [2.24, 2.45) is 0 Å². The SMILES string of the molecule is Cc1cc(N2CCN(C)S2(=O)=O)ccc1C(=O)Nc1ccc(Cl)c(-c2ccc3ccccc3n2)c1.